The minimum atomic E-state index is -0.748. The van der Waals surface area contributed by atoms with E-state index in [9.17, 15) is 9.90 Å². The molecular weight excluding hydrogens is 326 g/mol. The monoisotopic (exact) mass is 345 g/mol. The number of benzene rings is 1. The number of carbonyl (C=O) groups excluding carboxylic acids is 1. The fourth-order valence-electron chi connectivity index (χ4n) is 2.43. The number of anilines is 1. The molecule has 0 saturated carbocycles. The number of rotatable bonds is 5. The average Bonchev–Trinajstić information content (AvgIpc) is 3.17. The Morgan fingerprint density at radius 1 is 1.42 bits per heavy atom. The first-order valence-electron chi connectivity index (χ1n) is 7.75. The Labute approximate surface area is 143 Å². The van der Waals surface area contributed by atoms with E-state index >= 15 is 0 Å². The molecule has 0 aliphatic carbocycles. The van der Waals surface area contributed by atoms with Gasteiger partial charge < -0.3 is 20.3 Å². The molecule has 0 bridgehead atoms. The summed E-state index contributed by atoms with van der Waals surface area (Å²) < 4.78 is 6.25. The van der Waals surface area contributed by atoms with Gasteiger partial charge in [-0.15, -0.1) is 11.3 Å². The van der Waals surface area contributed by atoms with E-state index in [0.717, 1.165) is 15.0 Å². The second-order valence-electron chi connectivity index (χ2n) is 5.46. The Bertz CT molecular complexity index is 823. The molecular formula is C17H19N3O3S. The highest BCUT2D eigenvalue weighted by Gasteiger charge is 2.16. The lowest BCUT2D eigenvalue weighted by atomic mass is 10.2. The largest absolute Gasteiger partial charge is 0.386 e. The molecule has 6 nitrogen and oxygen atoms in total. The number of aryl methyl sites for hydroxylation is 2. The predicted molar refractivity (Wildman–Crippen MR) is 94.4 cm³/mol. The Morgan fingerprint density at radius 3 is 2.96 bits per heavy atom. The Morgan fingerprint density at radius 2 is 2.21 bits per heavy atom. The Hall–Kier alpha value is -2.38. The number of nitrogens with one attached hydrogen (secondary N) is 2. The topological polar surface area (TPSA) is 87.4 Å². The smallest absolute Gasteiger partial charge is 0.319 e. The Balaban J connectivity index is 1.60. The van der Waals surface area contributed by atoms with Gasteiger partial charge in [-0.25, -0.2) is 4.79 Å². The summed E-state index contributed by atoms with van der Waals surface area (Å²) in [5.41, 5.74) is 1.22. The molecule has 3 N–H and O–H groups in total. The lowest BCUT2D eigenvalue weighted by molar-refractivity contribution is 0.178. The summed E-state index contributed by atoms with van der Waals surface area (Å²) >= 11 is 1.52. The number of fused-ring (bicyclic) bond motifs is 1. The summed E-state index contributed by atoms with van der Waals surface area (Å²) in [5, 5.41) is 20.6. The standard InChI is InChI=1S/C17H19N3O3S/c1-3-13-16(10(2)20-23-13)19-17(22)18-9-12(21)15-8-11-6-4-5-7-14(11)24-15/h4-8,12,21H,3,9H2,1-2H3,(H2,18,19,22). The maximum Gasteiger partial charge on any atom is 0.319 e. The van der Waals surface area contributed by atoms with Crippen molar-refractivity contribution in [2.24, 2.45) is 0 Å². The van der Waals surface area contributed by atoms with E-state index in [1.165, 1.54) is 11.3 Å². The summed E-state index contributed by atoms with van der Waals surface area (Å²) in [4.78, 5) is 12.9. The number of aromatic nitrogens is 1. The molecule has 0 saturated heterocycles. The zero-order chi connectivity index (χ0) is 17.1. The molecule has 2 heterocycles. The molecule has 126 valence electrons. The van der Waals surface area contributed by atoms with Crippen molar-refractivity contribution in [3.05, 3.63) is 46.7 Å². The lowest BCUT2D eigenvalue weighted by Gasteiger charge is -2.11. The number of urea groups is 1. The highest BCUT2D eigenvalue weighted by molar-refractivity contribution is 7.19. The van der Waals surface area contributed by atoms with E-state index in [2.05, 4.69) is 15.8 Å². The molecule has 0 radical (unpaired) electrons. The van der Waals surface area contributed by atoms with Gasteiger partial charge in [0.1, 0.15) is 17.5 Å². The van der Waals surface area contributed by atoms with Gasteiger partial charge in [-0.2, -0.15) is 0 Å². The molecule has 1 aromatic carbocycles. The molecule has 0 aliphatic rings. The van der Waals surface area contributed by atoms with Gasteiger partial charge >= 0.3 is 6.03 Å². The van der Waals surface area contributed by atoms with Crippen LogP contribution in [-0.2, 0) is 6.42 Å². The second kappa shape index (κ2) is 7.02. The van der Waals surface area contributed by atoms with Crippen molar-refractivity contribution >= 4 is 33.1 Å². The molecule has 24 heavy (non-hydrogen) atoms. The summed E-state index contributed by atoms with van der Waals surface area (Å²) in [7, 11) is 0. The molecule has 1 atom stereocenters. The maximum absolute atomic E-state index is 12.0. The minimum Gasteiger partial charge on any atom is -0.386 e. The molecule has 0 aliphatic heterocycles. The van der Waals surface area contributed by atoms with Gasteiger partial charge in [-0.3, -0.25) is 0 Å². The second-order valence-corrected chi connectivity index (χ2v) is 6.57. The highest BCUT2D eigenvalue weighted by atomic mass is 32.1. The van der Waals surface area contributed by atoms with Crippen LogP contribution < -0.4 is 10.6 Å². The molecule has 7 heteroatoms. The van der Waals surface area contributed by atoms with Gasteiger partial charge in [-0.1, -0.05) is 30.3 Å². The van der Waals surface area contributed by atoms with E-state index in [4.69, 9.17) is 4.52 Å². The van der Waals surface area contributed by atoms with Crippen molar-refractivity contribution in [3.8, 4) is 0 Å². The molecule has 2 amide bonds. The van der Waals surface area contributed by atoms with E-state index in [-0.39, 0.29) is 6.54 Å². The van der Waals surface area contributed by atoms with Crippen molar-refractivity contribution < 1.29 is 14.4 Å². The quantitative estimate of drug-likeness (QED) is 0.659. The zero-order valence-electron chi connectivity index (χ0n) is 13.5. The van der Waals surface area contributed by atoms with E-state index < -0.39 is 12.1 Å². The number of thiophene rings is 1. The van der Waals surface area contributed by atoms with Crippen LogP contribution in [-0.4, -0.2) is 22.8 Å². The molecule has 1 unspecified atom stereocenters. The number of nitrogens with zero attached hydrogens (tertiary/aromatic N) is 1. The first-order chi connectivity index (χ1) is 11.6. The number of aliphatic hydroxyl groups is 1. The van der Waals surface area contributed by atoms with Crippen molar-refractivity contribution in [3.63, 3.8) is 0 Å². The van der Waals surface area contributed by atoms with Crippen molar-refractivity contribution in [2.45, 2.75) is 26.4 Å². The third-order valence-electron chi connectivity index (χ3n) is 3.72. The molecule has 0 spiro atoms. The minimum absolute atomic E-state index is 0.129. The molecule has 0 fully saturated rings. The van der Waals surface area contributed by atoms with Crippen LogP contribution in [0.4, 0.5) is 10.5 Å². The van der Waals surface area contributed by atoms with E-state index in [0.29, 0.717) is 23.6 Å². The fourth-order valence-corrected chi connectivity index (χ4v) is 3.48. The maximum atomic E-state index is 12.0. The molecule has 2 aromatic heterocycles. The summed E-state index contributed by atoms with van der Waals surface area (Å²) in [5.74, 6) is 0.632. The predicted octanol–water partition coefficient (Wildman–Crippen LogP) is 3.62. The summed E-state index contributed by atoms with van der Waals surface area (Å²) in [6.07, 6.45) is -0.108. The van der Waals surface area contributed by atoms with Gasteiger partial charge in [0, 0.05) is 16.0 Å². The van der Waals surface area contributed by atoms with Crippen LogP contribution in [0.25, 0.3) is 10.1 Å². The SMILES string of the molecule is CCc1onc(C)c1NC(=O)NCC(O)c1cc2ccccc2s1. The van der Waals surface area contributed by atoms with E-state index in [1.54, 1.807) is 6.92 Å². The van der Waals surface area contributed by atoms with Crippen LogP contribution in [0.1, 0.15) is 29.4 Å². The fraction of sp³-hybridized carbons (Fsp3) is 0.294. The van der Waals surface area contributed by atoms with E-state index in [1.807, 2.05) is 37.3 Å². The van der Waals surface area contributed by atoms with Crippen LogP contribution >= 0.6 is 11.3 Å². The normalized spacial score (nSPS) is 12.3. The Kier molecular flexibility index (Phi) is 4.82. The van der Waals surface area contributed by atoms with Crippen LogP contribution in [0, 0.1) is 6.92 Å². The van der Waals surface area contributed by atoms with Gasteiger partial charge in [0.05, 0.1) is 6.54 Å². The molecule has 3 aromatic rings. The third-order valence-corrected chi connectivity index (χ3v) is 4.94. The van der Waals surface area contributed by atoms with Crippen LogP contribution in [0.15, 0.2) is 34.9 Å². The summed E-state index contributed by atoms with van der Waals surface area (Å²) in [6, 6.07) is 9.50. The number of hydrogen-bond donors (Lipinski definition) is 3. The first-order valence-corrected chi connectivity index (χ1v) is 8.56. The first kappa shape index (κ1) is 16.5. The van der Waals surface area contributed by atoms with Gasteiger partial charge in [0.15, 0.2) is 5.76 Å². The van der Waals surface area contributed by atoms with Gasteiger partial charge in [0.2, 0.25) is 0 Å². The molecule has 3 rings (SSSR count). The third kappa shape index (κ3) is 3.42. The number of amides is 2. The average molecular weight is 345 g/mol. The van der Waals surface area contributed by atoms with Crippen LogP contribution in [0.5, 0.6) is 0 Å². The summed E-state index contributed by atoms with van der Waals surface area (Å²) in [6.45, 7) is 3.82. The highest BCUT2D eigenvalue weighted by Crippen LogP contribution is 2.29. The van der Waals surface area contributed by atoms with Crippen LogP contribution in [0.3, 0.4) is 0 Å². The van der Waals surface area contributed by atoms with Crippen molar-refractivity contribution in [2.75, 3.05) is 11.9 Å². The van der Waals surface area contributed by atoms with Crippen LogP contribution in [0.2, 0.25) is 0 Å². The number of carbonyl (C=O) groups is 1. The zero-order valence-corrected chi connectivity index (χ0v) is 14.3. The lowest BCUT2D eigenvalue weighted by Crippen LogP contribution is -2.32. The number of hydrogen-bond acceptors (Lipinski definition) is 5. The number of aliphatic hydroxyl groups excluding tert-OH is 1. The van der Waals surface area contributed by atoms with Crippen molar-refractivity contribution in [1.82, 2.24) is 10.5 Å². The van der Waals surface area contributed by atoms with Crippen molar-refractivity contribution in [1.29, 1.82) is 0 Å². The van der Waals surface area contributed by atoms with Gasteiger partial charge in [0.25, 0.3) is 0 Å². The van der Waals surface area contributed by atoms with Gasteiger partial charge in [-0.05, 0) is 24.4 Å².